The Morgan fingerprint density at radius 3 is 2.69 bits per heavy atom. The average molecular weight is 494 g/mol. The van der Waals surface area contributed by atoms with Gasteiger partial charge in [-0.25, -0.2) is 4.39 Å². The fourth-order valence-electron chi connectivity index (χ4n) is 6.16. The molecule has 1 fully saturated rings. The maximum absolute atomic E-state index is 14.2. The SMILES string of the molecule is Cc1cc(=O)n(CC[N+]2(C(C)(C)C)CC[CH]CC2Cc2cc3c(cn2)OCCO3)c2cc(F)ccc12. The van der Waals surface area contributed by atoms with Gasteiger partial charge in [-0.05, 0) is 64.3 Å². The molecule has 0 amide bonds. The second kappa shape index (κ2) is 9.51. The zero-order chi connectivity index (χ0) is 25.5. The number of benzene rings is 1. The van der Waals surface area contributed by atoms with E-state index >= 15 is 0 Å². The number of hydrogen-bond donors (Lipinski definition) is 0. The lowest BCUT2D eigenvalue weighted by atomic mass is 9.86. The summed E-state index contributed by atoms with van der Waals surface area (Å²) in [6.45, 7) is 12.2. The Balaban J connectivity index is 1.49. The summed E-state index contributed by atoms with van der Waals surface area (Å²) in [6.07, 6.45) is 6.97. The van der Waals surface area contributed by atoms with Crippen molar-refractivity contribution in [2.75, 3.05) is 26.3 Å². The zero-order valence-electron chi connectivity index (χ0n) is 21.7. The van der Waals surface area contributed by atoms with Crippen molar-refractivity contribution in [1.82, 2.24) is 9.55 Å². The van der Waals surface area contributed by atoms with Gasteiger partial charge in [0.2, 0.25) is 0 Å². The quantitative estimate of drug-likeness (QED) is 0.478. The fraction of sp³-hybridized carbons (Fsp3) is 0.483. The molecule has 36 heavy (non-hydrogen) atoms. The van der Waals surface area contributed by atoms with E-state index in [-0.39, 0.29) is 16.9 Å². The Kier molecular flexibility index (Phi) is 6.54. The van der Waals surface area contributed by atoms with Gasteiger partial charge in [0.25, 0.3) is 5.56 Å². The molecule has 5 rings (SSSR count). The maximum atomic E-state index is 14.2. The predicted molar refractivity (Wildman–Crippen MR) is 139 cm³/mol. The molecule has 3 aromatic rings. The van der Waals surface area contributed by atoms with E-state index in [0.29, 0.717) is 37.1 Å². The minimum Gasteiger partial charge on any atom is -0.486 e. The first-order chi connectivity index (χ1) is 17.2. The van der Waals surface area contributed by atoms with Crippen molar-refractivity contribution in [1.29, 1.82) is 0 Å². The Labute approximate surface area is 212 Å². The molecule has 2 aliphatic heterocycles. The molecule has 0 spiro atoms. The van der Waals surface area contributed by atoms with Crippen LogP contribution in [0, 0.1) is 19.2 Å². The lowest BCUT2D eigenvalue weighted by Gasteiger charge is -2.56. The number of ether oxygens (including phenoxy) is 2. The number of hydrogen-bond acceptors (Lipinski definition) is 4. The number of piperidine rings is 1. The number of aromatic nitrogens is 2. The van der Waals surface area contributed by atoms with E-state index in [9.17, 15) is 9.18 Å². The molecule has 191 valence electrons. The monoisotopic (exact) mass is 493 g/mol. The van der Waals surface area contributed by atoms with E-state index < -0.39 is 0 Å². The second-order valence-corrected chi connectivity index (χ2v) is 11.1. The van der Waals surface area contributed by atoms with Crippen molar-refractivity contribution in [3.8, 4) is 11.5 Å². The van der Waals surface area contributed by atoms with Crippen LogP contribution in [0.4, 0.5) is 4.39 Å². The first-order valence-corrected chi connectivity index (χ1v) is 12.9. The van der Waals surface area contributed by atoms with Crippen LogP contribution in [0.5, 0.6) is 11.5 Å². The van der Waals surface area contributed by atoms with Crippen LogP contribution in [0.1, 0.15) is 44.9 Å². The van der Waals surface area contributed by atoms with Crippen molar-refractivity contribution in [3.63, 3.8) is 0 Å². The third-order valence-electron chi connectivity index (χ3n) is 8.14. The molecule has 0 saturated carbocycles. The standard InChI is InChI=1S/C29H36FN3O3/c1-20-15-28(34)32(25-16-21(30)8-9-24(20)25)10-12-33(29(2,3)4)11-6-5-7-23(33)17-22-18-26-27(19-31-22)36-14-13-35-26/h5,8-9,15-16,18-19,23H,6-7,10-14,17H2,1-4H3/q+1. The number of halogens is 1. The van der Waals surface area contributed by atoms with Crippen molar-refractivity contribution in [2.45, 2.75) is 65.1 Å². The van der Waals surface area contributed by atoms with Gasteiger partial charge in [-0.2, -0.15) is 0 Å². The molecule has 7 heteroatoms. The van der Waals surface area contributed by atoms with Gasteiger partial charge in [-0.1, -0.05) is 0 Å². The third-order valence-corrected chi connectivity index (χ3v) is 8.14. The molecular weight excluding hydrogens is 457 g/mol. The lowest BCUT2D eigenvalue weighted by Crippen LogP contribution is -2.69. The summed E-state index contributed by atoms with van der Waals surface area (Å²) in [7, 11) is 0. The molecule has 2 aromatic heterocycles. The summed E-state index contributed by atoms with van der Waals surface area (Å²) in [5.74, 6) is 1.14. The van der Waals surface area contributed by atoms with Gasteiger partial charge in [-0.3, -0.25) is 9.78 Å². The highest BCUT2D eigenvalue weighted by Gasteiger charge is 2.48. The Morgan fingerprint density at radius 2 is 1.92 bits per heavy atom. The average Bonchev–Trinajstić information content (AvgIpc) is 2.84. The fourth-order valence-corrected chi connectivity index (χ4v) is 6.16. The molecule has 1 saturated heterocycles. The second-order valence-electron chi connectivity index (χ2n) is 11.1. The minimum atomic E-state index is -0.323. The van der Waals surface area contributed by atoms with Gasteiger partial charge in [0.15, 0.2) is 11.5 Å². The van der Waals surface area contributed by atoms with Crippen LogP contribution in [-0.4, -0.2) is 51.9 Å². The summed E-state index contributed by atoms with van der Waals surface area (Å²) in [5, 5.41) is 0.919. The third kappa shape index (κ3) is 4.49. The van der Waals surface area contributed by atoms with Crippen molar-refractivity contribution >= 4 is 10.9 Å². The molecular formula is C29H36FN3O3+. The molecule has 0 N–H and O–H groups in total. The van der Waals surface area contributed by atoms with Crippen LogP contribution in [0.25, 0.3) is 10.9 Å². The summed E-state index contributed by atoms with van der Waals surface area (Å²) < 4.78 is 28.3. The van der Waals surface area contributed by atoms with E-state index in [2.05, 4.69) is 27.2 Å². The summed E-state index contributed by atoms with van der Waals surface area (Å²) in [4.78, 5) is 17.8. The number of fused-ring (bicyclic) bond motifs is 2. The lowest BCUT2D eigenvalue weighted by molar-refractivity contribution is -0.995. The highest BCUT2D eigenvalue weighted by Crippen LogP contribution is 2.38. The van der Waals surface area contributed by atoms with Gasteiger partial charge >= 0.3 is 0 Å². The first-order valence-electron chi connectivity index (χ1n) is 12.9. The van der Waals surface area contributed by atoms with Crippen LogP contribution >= 0.6 is 0 Å². The smallest absolute Gasteiger partial charge is 0.251 e. The molecule has 0 bridgehead atoms. The minimum absolute atomic E-state index is 0.0535. The van der Waals surface area contributed by atoms with Crippen molar-refractivity contribution < 1.29 is 18.3 Å². The number of pyridine rings is 2. The van der Waals surface area contributed by atoms with Crippen LogP contribution < -0.4 is 15.0 Å². The number of aryl methyl sites for hydroxylation is 1. The molecule has 6 nitrogen and oxygen atoms in total. The van der Waals surface area contributed by atoms with Crippen molar-refractivity contribution in [2.24, 2.45) is 0 Å². The van der Waals surface area contributed by atoms with Gasteiger partial charge in [-0.15, -0.1) is 0 Å². The highest BCUT2D eigenvalue weighted by atomic mass is 19.1. The van der Waals surface area contributed by atoms with Gasteiger partial charge in [0.1, 0.15) is 19.0 Å². The maximum Gasteiger partial charge on any atom is 0.251 e. The Hall–Kier alpha value is -2.93. The molecule has 0 aliphatic carbocycles. The van der Waals surface area contributed by atoms with E-state index in [1.54, 1.807) is 22.9 Å². The molecule has 2 atom stereocenters. The zero-order valence-corrected chi connectivity index (χ0v) is 21.7. The van der Waals surface area contributed by atoms with E-state index in [1.807, 2.05) is 13.0 Å². The van der Waals surface area contributed by atoms with Crippen LogP contribution in [0.2, 0.25) is 0 Å². The number of nitrogens with zero attached hydrogens (tertiary/aromatic N) is 3. The normalized spacial score (nSPS) is 22.1. The Bertz CT molecular complexity index is 1330. The summed E-state index contributed by atoms with van der Waals surface area (Å²) in [6, 6.07) is 8.72. The van der Waals surface area contributed by atoms with Gasteiger partial charge in [0, 0.05) is 30.4 Å². The molecule has 1 aromatic carbocycles. The van der Waals surface area contributed by atoms with Crippen LogP contribution in [-0.2, 0) is 13.0 Å². The van der Waals surface area contributed by atoms with Crippen LogP contribution in [0.3, 0.4) is 0 Å². The number of rotatable bonds is 5. The van der Waals surface area contributed by atoms with E-state index in [4.69, 9.17) is 14.5 Å². The van der Waals surface area contributed by atoms with Crippen LogP contribution in [0.15, 0.2) is 41.3 Å². The molecule has 1 radical (unpaired) electrons. The molecule has 2 aliphatic rings. The predicted octanol–water partition coefficient (Wildman–Crippen LogP) is 4.84. The number of likely N-dealkylation sites (tertiary alicyclic amines) is 1. The summed E-state index contributed by atoms with van der Waals surface area (Å²) in [5.41, 5.74) is 2.40. The molecule has 2 unspecified atom stereocenters. The number of quaternary nitrogens is 1. The van der Waals surface area contributed by atoms with Gasteiger partial charge < -0.3 is 18.5 Å². The Morgan fingerprint density at radius 1 is 1.14 bits per heavy atom. The largest absolute Gasteiger partial charge is 0.486 e. The first kappa shape index (κ1) is 24.8. The van der Waals surface area contributed by atoms with Gasteiger partial charge in [0.05, 0.1) is 48.6 Å². The molecule has 4 heterocycles. The van der Waals surface area contributed by atoms with E-state index in [0.717, 1.165) is 59.2 Å². The van der Waals surface area contributed by atoms with Crippen molar-refractivity contribution in [3.05, 3.63) is 70.4 Å². The van der Waals surface area contributed by atoms with E-state index in [1.165, 1.54) is 12.1 Å². The topological polar surface area (TPSA) is 53.4 Å². The highest BCUT2D eigenvalue weighted by molar-refractivity contribution is 5.82. The summed E-state index contributed by atoms with van der Waals surface area (Å²) >= 11 is 0.